The number of carbonyl (C=O) groups excluding carboxylic acids is 1. The molecule has 2 aliphatic rings. The molecule has 1 fully saturated rings. The fourth-order valence-corrected chi connectivity index (χ4v) is 3.99. The van der Waals surface area contributed by atoms with Crippen LogP contribution in [-0.2, 0) is 11.2 Å². The molecule has 0 unspecified atom stereocenters. The summed E-state index contributed by atoms with van der Waals surface area (Å²) >= 11 is 0. The Bertz CT molecular complexity index is 1050. The van der Waals surface area contributed by atoms with Crippen LogP contribution >= 0.6 is 0 Å². The number of aryl methyl sites for hydroxylation is 1. The molecule has 3 aromatic rings. The second kappa shape index (κ2) is 6.91. The molecular weight excluding hydrogens is 354 g/mol. The summed E-state index contributed by atoms with van der Waals surface area (Å²) in [6.07, 6.45) is 2.76. The van der Waals surface area contributed by atoms with Crippen molar-refractivity contribution >= 4 is 22.8 Å². The van der Waals surface area contributed by atoms with Gasteiger partial charge >= 0.3 is 0 Å². The first-order chi connectivity index (χ1) is 13.7. The van der Waals surface area contributed by atoms with E-state index in [2.05, 4.69) is 15.6 Å². The molecule has 7 nitrogen and oxygen atoms in total. The Morgan fingerprint density at radius 1 is 1.18 bits per heavy atom. The summed E-state index contributed by atoms with van der Waals surface area (Å²) < 4.78 is 5.45. The number of ether oxygens (including phenoxy) is 1. The summed E-state index contributed by atoms with van der Waals surface area (Å²) in [5.74, 6) is 0.800. The van der Waals surface area contributed by atoms with Gasteiger partial charge in [-0.05, 0) is 31.9 Å². The number of aromatic nitrogens is 3. The van der Waals surface area contributed by atoms with Gasteiger partial charge in [0.1, 0.15) is 11.3 Å². The third-order valence-electron chi connectivity index (χ3n) is 5.53. The number of para-hydroxylation sites is 1. The molecule has 3 N–H and O–H groups in total. The monoisotopic (exact) mass is 377 g/mol. The van der Waals surface area contributed by atoms with Gasteiger partial charge < -0.3 is 20.4 Å². The number of benzene rings is 1. The van der Waals surface area contributed by atoms with E-state index >= 15 is 0 Å². The van der Waals surface area contributed by atoms with Gasteiger partial charge in [0.2, 0.25) is 0 Å². The van der Waals surface area contributed by atoms with Crippen molar-refractivity contribution in [3.8, 4) is 11.3 Å². The molecule has 1 amide bonds. The van der Waals surface area contributed by atoms with E-state index in [-0.39, 0.29) is 5.91 Å². The van der Waals surface area contributed by atoms with E-state index in [1.807, 2.05) is 31.2 Å². The smallest absolute Gasteiger partial charge is 0.253 e. The second-order valence-corrected chi connectivity index (χ2v) is 7.44. The molecule has 0 saturated carbocycles. The zero-order valence-electron chi connectivity index (χ0n) is 15.8. The highest BCUT2D eigenvalue weighted by molar-refractivity contribution is 5.99. The minimum atomic E-state index is -0.0206. The van der Waals surface area contributed by atoms with E-state index in [4.69, 9.17) is 14.7 Å². The summed E-state index contributed by atoms with van der Waals surface area (Å²) in [4.78, 5) is 25.3. The van der Waals surface area contributed by atoms with E-state index in [0.29, 0.717) is 12.6 Å². The van der Waals surface area contributed by atoms with Crippen molar-refractivity contribution in [2.75, 3.05) is 25.1 Å². The fraction of sp³-hybridized carbons (Fsp3) is 0.381. The van der Waals surface area contributed by atoms with E-state index < -0.39 is 0 Å². The van der Waals surface area contributed by atoms with E-state index in [9.17, 15) is 4.79 Å². The Kier molecular flexibility index (Phi) is 4.24. The highest BCUT2D eigenvalue weighted by Gasteiger charge is 2.22. The number of hydrogen-bond acceptors (Lipinski definition) is 5. The van der Waals surface area contributed by atoms with Crippen molar-refractivity contribution in [3.05, 3.63) is 41.2 Å². The third-order valence-corrected chi connectivity index (χ3v) is 5.53. The van der Waals surface area contributed by atoms with Crippen LogP contribution in [0.25, 0.3) is 22.3 Å². The van der Waals surface area contributed by atoms with Gasteiger partial charge in [-0.3, -0.25) is 4.79 Å². The van der Waals surface area contributed by atoms with Crippen LogP contribution in [0.3, 0.4) is 0 Å². The lowest BCUT2D eigenvalue weighted by Gasteiger charge is -2.24. The van der Waals surface area contributed by atoms with Gasteiger partial charge in [0.15, 0.2) is 0 Å². The zero-order chi connectivity index (χ0) is 19.1. The van der Waals surface area contributed by atoms with E-state index in [1.165, 1.54) is 0 Å². The topological polar surface area (TPSA) is 91.9 Å². The number of nitrogens with one attached hydrogen (secondary N) is 3. The minimum absolute atomic E-state index is 0.0206. The lowest BCUT2D eigenvalue weighted by atomic mass is 10.1. The number of rotatable bonds is 3. The first kappa shape index (κ1) is 17.2. The molecule has 1 aromatic carbocycles. The van der Waals surface area contributed by atoms with E-state index in [1.54, 1.807) is 0 Å². The number of aromatic amines is 1. The first-order valence-corrected chi connectivity index (χ1v) is 9.81. The van der Waals surface area contributed by atoms with Crippen LogP contribution in [0.15, 0.2) is 24.3 Å². The fourth-order valence-electron chi connectivity index (χ4n) is 3.99. The lowest BCUT2D eigenvalue weighted by Crippen LogP contribution is -2.31. The van der Waals surface area contributed by atoms with Crippen molar-refractivity contribution in [3.63, 3.8) is 0 Å². The summed E-state index contributed by atoms with van der Waals surface area (Å²) in [6.45, 7) is 4.20. The average Bonchev–Trinajstić information content (AvgIpc) is 3.14. The second-order valence-electron chi connectivity index (χ2n) is 7.44. The van der Waals surface area contributed by atoms with Crippen LogP contribution in [0, 0.1) is 6.92 Å². The predicted molar refractivity (Wildman–Crippen MR) is 108 cm³/mol. The van der Waals surface area contributed by atoms with Gasteiger partial charge in [-0.2, -0.15) is 0 Å². The average molecular weight is 377 g/mol. The third kappa shape index (κ3) is 3.01. The Morgan fingerprint density at radius 2 is 2.04 bits per heavy atom. The van der Waals surface area contributed by atoms with Crippen molar-refractivity contribution in [2.24, 2.45) is 0 Å². The highest BCUT2D eigenvalue weighted by atomic mass is 16.5. The van der Waals surface area contributed by atoms with Crippen LogP contribution in [0.4, 0.5) is 5.82 Å². The molecule has 0 radical (unpaired) electrons. The number of fused-ring (bicyclic) bond motifs is 2. The normalized spacial score (nSPS) is 17.4. The molecule has 7 heteroatoms. The van der Waals surface area contributed by atoms with E-state index in [0.717, 1.165) is 77.5 Å². The van der Waals surface area contributed by atoms with Crippen LogP contribution in [-0.4, -0.2) is 46.7 Å². The Morgan fingerprint density at radius 3 is 2.86 bits per heavy atom. The summed E-state index contributed by atoms with van der Waals surface area (Å²) in [5.41, 5.74) is 6.15. The van der Waals surface area contributed by atoms with Gasteiger partial charge in [-0.15, -0.1) is 0 Å². The molecule has 5 rings (SSSR count). The predicted octanol–water partition coefficient (Wildman–Crippen LogP) is 2.81. The number of H-pyrrole nitrogens is 1. The maximum Gasteiger partial charge on any atom is 0.253 e. The molecule has 4 heterocycles. The molecule has 0 aliphatic carbocycles. The van der Waals surface area contributed by atoms with Crippen LogP contribution in [0.2, 0.25) is 0 Å². The molecule has 28 heavy (non-hydrogen) atoms. The summed E-state index contributed by atoms with van der Waals surface area (Å²) in [6, 6.07) is 8.27. The maximum atomic E-state index is 12.1. The number of hydrogen-bond donors (Lipinski definition) is 3. The molecular formula is C21H23N5O2. The van der Waals surface area contributed by atoms with Gasteiger partial charge in [0.05, 0.1) is 16.8 Å². The molecule has 1 saturated heterocycles. The van der Waals surface area contributed by atoms with Crippen molar-refractivity contribution in [1.29, 1.82) is 0 Å². The first-order valence-electron chi connectivity index (χ1n) is 9.81. The maximum absolute atomic E-state index is 12.1. The zero-order valence-corrected chi connectivity index (χ0v) is 15.8. The Balaban J connectivity index is 1.57. The molecule has 0 spiro atoms. The molecule has 2 aromatic heterocycles. The van der Waals surface area contributed by atoms with Crippen LogP contribution in [0.1, 0.15) is 34.6 Å². The van der Waals surface area contributed by atoms with Gasteiger partial charge in [-0.1, -0.05) is 12.1 Å². The number of amides is 1. The SMILES string of the molecule is Cc1nc2cccc(-c3cc4c([nH]3)CCNC4=O)c2nc1NC1CCOCC1. The summed E-state index contributed by atoms with van der Waals surface area (Å²) in [7, 11) is 0. The van der Waals surface area contributed by atoms with Gasteiger partial charge in [0, 0.05) is 49.2 Å². The Labute approximate surface area is 162 Å². The molecule has 0 atom stereocenters. The number of carbonyl (C=O) groups is 1. The van der Waals surface area contributed by atoms with Gasteiger partial charge in [-0.25, -0.2) is 9.97 Å². The van der Waals surface area contributed by atoms with Gasteiger partial charge in [0.25, 0.3) is 5.91 Å². The van der Waals surface area contributed by atoms with Crippen LogP contribution in [0.5, 0.6) is 0 Å². The highest BCUT2D eigenvalue weighted by Crippen LogP contribution is 2.30. The van der Waals surface area contributed by atoms with Crippen molar-refractivity contribution in [1.82, 2.24) is 20.3 Å². The molecule has 2 aliphatic heterocycles. The van der Waals surface area contributed by atoms with Crippen molar-refractivity contribution < 1.29 is 9.53 Å². The standard InChI is InChI=1S/C21H23N5O2/c1-12-20(24-13-6-9-28-10-7-13)26-19-14(3-2-4-17(19)23-12)18-11-15-16(25-18)5-8-22-21(15)27/h2-4,11,13,25H,5-10H2,1H3,(H,22,27)(H,24,26). The molecule has 144 valence electrons. The minimum Gasteiger partial charge on any atom is -0.381 e. The lowest BCUT2D eigenvalue weighted by molar-refractivity contribution is 0.0903. The summed E-state index contributed by atoms with van der Waals surface area (Å²) in [5, 5.41) is 6.44. The quantitative estimate of drug-likeness (QED) is 0.653. The number of nitrogens with zero attached hydrogens (tertiary/aromatic N) is 2. The van der Waals surface area contributed by atoms with Crippen molar-refractivity contribution in [2.45, 2.75) is 32.2 Å². The van der Waals surface area contributed by atoms with Crippen LogP contribution < -0.4 is 10.6 Å². The molecule has 0 bridgehead atoms. The largest absolute Gasteiger partial charge is 0.381 e. The number of anilines is 1. The Hall–Kier alpha value is -2.93.